The third-order valence-corrected chi connectivity index (χ3v) is 13.9. The van der Waals surface area contributed by atoms with E-state index in [0.29, 0.717) is 36.8 Å². The number of para-hydroxylation sites is 2. The van der Waals surface area contributed by atoms with Crippen molar-refractivity contribution in [3.8, 4) is 57.1 Å². The zero-order chi connectivity index (χ0) is 66.0. The Morgan fingerprint density at radius 2 is 0.817 bits per heavy atom. The van der Waals surface area contributed by atoms with Crippen LogP contribution in [-0.4, -0.2) is 49.1 Å². The first-order valence-corrected chi connectivity index (χ1v) is 30.1. The molecule has 10 aromatic rings. The predicted octanol–water partition coefficient (Wildman–Crippen LogP) is 14.3. The third kappa shape index (κ3) is 20.8. The molecule has 0 saturated carbocycles. The summed E-state index contributed by atoms with van der Waals surface area (Å²) >= 11 is 0. The smallest absolute Gasteiger partial charge is 0.311 e. The number of halogens is 1. The first-order chi connectivity index (χ1) is 45.0. The van der Waals surface area contributed by atoms with Crippen molar-refractivity contribution >= 4 is 56.2 Å². The fourth-order valence-corrected chi connectivity index (χ4v) is 9.38. The van der Waals surface area contributed by atoms with E-state index in [-0.39, 0.29) is 128 Å². The molecule has 0 aliphatic heterocycles. The zero-order valence-electron chi connectivity index (χ0n) is 50.4. The first kappa shape index (κ1) is 68.0. The van der Waals surface area contributed by atoms with Gasteiger partial charge in [-0.15, -0.1) is 0 Å². The van der Waals surface area contributed by atoms with Crippen LogP contribution in [0.3, 0.4) is 0 Å². The topological polar surface area (TPSA) is 271 Å². The number of benzene rings is 8. The Morgan fingerprint density at radius 1 is 0.473 bits per heavy atom. The molecule has 0 aliphatic carbocycles. The molecule has 10 rings (SSSR count). The summed E-state index contributed by atoms with van der Waals surface area (Å²) in [4.78, 5) is 76.9. The number of alkyl halides is 1. The second-order valence-corrected chi connectivity index (χ2v) is 21.2. The highest BCUT2D eigenvalue weighted by atomic mass is 32.3. The largest absolute Gasteiger partial charge is 0.716 e. The number of rotatable bonds is 26. The van der Waals surface area contributed by atoms with Gasteiger partial charge < -0.3 is 51.1 Å². The lowest BCUT2D eigenvalue weighted by Crippen LogP contribution is -2.16. The summed E-state index contributed by atoms with van der Waals surface area (Å²) in [6, 6.07) is 58.4. The van der Waals surface area contributed by atoms with Gasteiger partial charge in [0.05, 0.1) is 19.3 Å². The van der Waals surface area contributed by atoms with Gasteiger partial charge in [-0.1, -0.05) is 153 Å². The van der Waals surface area contributed by atoms with E-state index >= 15 is 0 Å². The molecule has 19 nitrogen and oxygen atoms in total. The van der Waals surface area contributed by atoms with Crippen LogP contribution in [-0.2, 0) is 65.5 Å². The average Bonchev–Trinajstić information content (AvgIpc) is 0.788. The first-order valence-electron chi connectivity index (χ1n) is 29.5. The predicted molar refractivity (Wildman–Crippen MR) is 344 cm³/mol. The number of aromatic hydroxyl groups is 1. The van der Waals surface area contributed by atoms with Crippen LogP contribution in [0.1, 0.15) is 82.4 Å². The molecule has 0 bridgehead atoms. The number of unbranched alkanes of at least 4 members (excludes halogenated alkanes) is 2. The Morgan fingerprint density at radius 3 is 1.23 bits per heavy atom. The summed E-state index contributed by atoms with van der Waals surface area (Å²) < 4.78 is 99.7. The van der Waals surface area contributed by atoms with E-state index in [9.17, 15) is 51.2 Å². The van der Waals surface area contributed by atoms with Crippen molar-refractivity contribution in [1.29, 1.82) is 0 Å². The van der Waals surface area contributed by atoms with Crippen molar-refractivity contribution in [1.82, 2.24) is 0 Å². The molecule has 0 saturated heterocycles. The van der Waals surface area contributed by atoms with Gasteiger partial charge in [0, 0.05) is 36.8 Å². The van der Waals surface area contributed by atoms with E-state index in [1.54, 1.807) is 72.8 Å². The lowest BCUT2D eigenvalue weighted by molar-refractivity contribution is -0.146. The molecule has 0 spiro atoms. The van der Waals surface area contributed by atoms with Crippen LogP contribution in [0.4, 0.5) is 4.39 Å². The van der Waals surface area contributed by atoms with Gasteiger partial charge in [-0.25, -0.2) is 8.42 Å². The van der Waals surface area contributed by atoms with Crippen LogP contribution in [0.25, 0.3) is 44.6 Å². The molecule has 0 fully saturated rings. The fourth-order valence-electron chi connectivity index (χ4n) is 9.03. The highest BCUT2D eigenvalue weighted by Gasteiger charge is 2.25. The van der Waals surface area contributed by atoms with Gasteiger partial charge in [-0.3, -0.25) is 33.2 Å². The Hall–Kier alpha value is -10.9. The lowest BCUT2D eigenvalue weighted by atomic mass is 10.1. The van der Waals surface area contributed by atoms with Crippen molar-refractivity contribution < 1.29 is 84.5 Å². The number of esters is 4. The Kier molecular flexibility index (Phi) is 25.5. The van der Waals surface area contributed by atoms with Crippen LogP contribution >= 0.6 is 0 Å². The fraction of sp³-hybridized carbons (Fsp3) is 0.194. The van der Waals surface area contributed by atoms with Crippen LogP contribution in [0.15, 0.2) is 225 Å². The van der Waals surface area contributed by atoms with Gasteiger partial charge in [0.1, 0.15) is 37.6 Å². The molecule has 1 N–H and O–H groups in total. The second kappa shape index (κ2) is 34.9. The van der Waals surface area contributed by atoms with Gasteiger partial charge in [-0.2, -0.15) is 0 Å². The molecule has 0 radical (unpaired) electrons. The SMILES string of the molecule is C.O=C(CCCCC(=O)Oc1c(-c2ccc(O)c(OCc3ccccc3)c2)oc2ccccc2c1=O)OCc1ccccc1.O=C(CCCCC(=O)Oc1c(-c2ccc(OS(=O)(=O)[O-])c(OCc3ccccc3)c2)oc2ccccc2c1=O)OCc1ccccc1.[2H]CF. The van der Waals surface area contributed by atoms with E-state index in [1.807, 2.05) is 97.1 Å². The third-order valence-electron chi connectivity index (χ3n) is 13.5. The Bertz CT molecular complexity index is 4380. The van der Waals surface area contributed by atoms with Gasteiger partial charge in [0.25, 0.3) is 10.4 Å². The van der Waals surface area contributed by atoms with Gasteiger partial charge in [-0.05, 0) is 109 Å². The summed E-state index contributed by atoms with van der Waals surface area (Å²) in [5, 5.41) is 10.8. The summed E-state index contributed by atoms with van der Waals surface area (Å²) in [6.45, 7) is 0.545. The van der Waals surface area contributed by atoms with Crippen LogP contribution in [0.5, 0.6) is 34.5 Å². The Labute approximate surface area is 536 Å². The van der Waals surface area contributed by atoms with E-state index in [1.165, 1.54) is 36.4 Å². The molecule has 482 valence electrons. The van der Waals surface area contributed by atoms with Crippen LogP contribution < -0.4 is 34.0 Å². The molecule has 2 heterocycles. The lowest BCUT2D eigenvalue weighted by Gasteiger charge is -2.16. The number of carbonyl (C=O) groups is 4. The number of fused-ring (bicyclic) bond motifs is 2. The minimum atomic E-state index is -5.15. The van der Waals surface area contributed by atoms with Crippen molar-refractivity contribution in [2.75, 3.05) is 7.15 Å². The maximum Gasteiger partial charge on any atom is 0.311 e. The van der Waals surface area contributed by atoms with E-state index in [4.69, 9.17) is 38.6 Å². The molecular weight excluding hydrogens is 1220 g/mol. The minimum Gasteiger partial charge on any atom is -0.716 e. The van der Waals surface area contributed by atoms with Gasteiger partial charge in [0.2, 0.25) is 22.4 Å². The Balaban J connectivity index is 0.000000254. The number of carbonyl (C=O) groups excluding carboxylic acids is 4. The number of hydrogen-bond donors (Lipinski definition) is 1. The summed E-state index contributed by atoms with van der Waals surface area (Å²) in [7, 11) is -6.15. The van der Waals surface area contributed by atoms with Crippen LogP contribution in [0.2, 0.25) is 0 Å². The minimum absolute atomic E-state index is 0. The van der Waals surface area contributed by atoms with E-state index < -0.39 is 52.1 Å². The molecule has 21 heteroatoms. The van der Waals surface area contributed by atoms with E-state index in [0.717, 1.165) is 22.3 Å². The monoisotopic (exact) mass is 1290 g/mol. The normalized spacial score (nSPS) is 10.8. The average molecular weight is 1290 g/mol. The van der Waals surface area contributed by atoms with Gasteiger partial charge >= 0.3 is 23.9 Å². The molecule has 93 heavy (non-hydrogen) atoms. The quantitative estimate of drug-likeness (QED) is 0.0228. The number of ether oxygens (including phenoxy) is 6. The molecule has 0 aliphatic rings. The highest BCUT2D eigenvalue weighted by Crippen LogP contribution is 2.39. The maximum atomic E-state index is 13.5. The molecule has 0 amide bonds. The van der Waals surface area contributed by atoms with Gasteiger partial charge in [0.15, 0.2) is 34.5 Å². The zero-order valence-corrected chi connectivity index (χ0v) is 50.2. The second-order valence-electron chi connectivity index (χ2n) is 20.2. The molecule has 8 aromatic carbocycles. The van der Waals surface area contributed by atoms with Crippen molar-refractivity contribution in [3.63, 3.8) is 0 Å². The maximum absolute atomic E-state index is 13.5. The molecule has 0 atom stereocenters. The summed E-state index contributed by atoms with van der Waals surface area (Å²) in [5.41, 5.74) is 3.36. The summed E-state index contributed by atoms with van der Waals surface area (Å²) in [5.74, 6) is -3.32. The van der Waals surface area contributed by atoms with Crippen molar-refractivity contribution in [3.05, 3.63) is 249 Å². The standard InChI is InChI=1S/C35H30O11S.C35H30O8.CH3F.CH4/c36-31(43-23-25-13-5-2-6-14-25)17-9-10-18-32(37)45-35-33(38)27-15-7-8-16-28(27)44-34(35)26-19-20-29(46-47(39,40)41)30(21-26)42-22-24-11-3-1-4-12-24;36-28-20-19-26(21-30(28)40-22-24-11-3-1-4-12-24)34-35(33(39)27-15-7-8-16-29(27)42-34)43-32(38)18-10-9-17-31(37)41-23-25-13-5-2-6-14-25;1-2;/h1-8,11-16,19-21H,9-10,17-18,22-23H2,(H,39,40,41);1-8,11-16,19-21,36H,9-10,17-18,22-23H2;1H3;1H4/p-1/i;;1D;. The van der Waals surface area contributed by atoms with Crippen molar-refractivity contribution in [2.24, 2.45) is 0 Å². The molecule has 0 unspecified atom stereocenters. The molecule has 2 aromatic heterocycles. The number of phenolic OH excluding ortho intramolecular Hbond substituents is 1. The summed E-state index contributed by atoms with van der Waals surface area (Å²) in [6.07, 6.45) is 1.57. The number of phenols is 1. The van der Waals surface area contributed by atoms with E-state index in [2.05, 4.69) is 4.18 Å². The number of hydrogen-bond acceptors (Lipinski definition) is 19. The highest BCUT2D eigenvalue weighted by molar-refractivity contribution is 7.81. The molecular formula is C72H66FO19S-. The van der Waals surface area contributed by atoms with Crippen LogP contribution in [0, 0.1) is 0 Å². The van der Waals surface area contributed by atoms with Crippen molar-refractivity contribution in [2.45, 2.75) is 85.2 Å².